The van der Waals surface area contributed by atoms with E-state index < -0.39 is 0 Å². The topological polar surface area (TPSA) is 68.7 Å². The highest BCUT2D eigenvalue weighted by atomic mass is 16.1. The molecule has 5 aromatic rings. The van der Waals surface area contributed by atoms with Crippen LogP contribution in [0.5, 0.6) is 0 Å². The maximum absolute atomic E-state index is 13.1. The van der Waals surface area contributed by atoms with Crippen LogP contribution >= 0.6 is 0 Å². The van der Waals surface area contributed by atoms with Crippen LogP contribution in [0.15, 0.2) is 64.3 Å². The predicted octanol–water partition coefficient (Wildman–Crippen LogP) is 2.32. The van der Waals surface area contributed by atoms with E-state index in [0.717, 1.165) is 5.56 Å². The lowest BCUT2D eigenvalue weighted by atomic mass is 10.2. The molecular weight excluding hydrogens is 316 g/mol. The normalized spacial score (nSPS) is 11.7. The molecule has 0 bridgehead atoms. The number of para-hydroxylation sites is 2. The van der Waals surface area contributed by atoms with Gasteiger partial charge in [0.1, 0.15) is 5.65 Å². The standard InChI is InChI=1S/C19H12N4O2/c1-11-10-22-17(24)12-6-2-5-9-15(12)21-19(22)23-16(11)20-14-8-4-3-7-13(14)18(23)25/h2-10H,1H3. The maximum Gasteiger partial charge on any atom is 0.268 e. The third-order valence-electron chi connectivity index (χ3n) is 4.44. The summed E-state index contributed by atoms with van der Waals surface area (Å²) in [6.07, 6.45) is 1.69. The zero-order valence-electron chi connectivity index (χ0n) is 13.3. The molecule has 0 fully saturated rings. The van der Waals surface area contributed by atoms with Crippen LogP contribution in [-0.4, -0.2) is 18.8 Å². The highest BCUT2D eigenvalue weighted by Crippen LogP contribution is 2.15. The Kier molecular flexibility index (Phi) is 2.62. The maximum atomic E-state index is 13.1. The summed E-state index contributed by atoms with van der Waals surface area (Å²) in [6.45, 7) is 1.83. The Morgan fingerprint density at radius 1 is 0.800 bits per heavy atom. The molecule has 25 heavy (non-hydrogen) atoms. The van der Waals surface area contributed by atoms with Gasteiger partial charge >= 0.3 is 0 Å². The van der Waals surface area contributed by atoms with Gasteiger partial charge in [-0.25, -0.2) is 14.4 Å². The van der Waals surface area contributed by atoms with Crippen LogP contribution in [0, 0.1) is 6.92 Å². The van der Waals surface area contributed by atoms with Crippen LogP contribution in [0.4, 0.5) is 0 Å². The quantitative estimate of drug-likeness (QED) is 0.323. The smallest absolute Gasteiger partial charge is 0.268 e. The molecule has 0 spiro atoms. The molecule has 0 atom stereocenters. The van der Waals surface area contributed by atoms with Crippen LogP contribution < -0.4 is 11.1 Å². The summed E-state index contributed by atoms with van der Waals surface area (Å²) in [5, 5.41) is 1.01. The third-order valence-corrected chi connectivity index (χ3v) is 4.44. The lowest BCUT2D eigenvalue weighted by Crippen LogP contribution is -2.24. The molecule has 0 aliphatic heterocycles. The van der Waals surface area contributed by atoms with Crippen molar-refractivity contribution in [1.29, 1.82) is 0 Å². The van der Waals surface area contributed by atoms with Gasteiger partial charge in [0.2, 0.25) is 5.78 Å². The van der Waals surface area contributed by atoms with E-state index in [1.165, 1.54) is 8.80 Å². The van der Waals surface area contributed by atoms with E-state index in [9.17, 15) is 9.59 Å². The fourth-order valence-corrected chi connectivity index (χ4v) is 3.24. The molecule has 0 aliphatic carbocycles. The van der Waals surface area contributed by atoms with Gasteiger partial charge in [0.25, 0.3) is 11.1 Å². The fourth-order valence-electron chi connectivity index (χ4n) is 3.24. The van der Waals surface area contributed by atoms with E-state index in [1.807, 2.05) is 19.1 Å². The van der Waals surface area contributed by atoms with Crippen molar-refractivity contribution < 1.29 is 0 Å². The van der Waals surface area contributed by atoms with Crippen LogP contribution in [0.3, 0.4) is 0 Å². The molecule has 6 heteroatoms. The molecule has 3 heterocycles. The second-order valence-corrected chi connectivity index (χ2v) is 6.01. The van der Waals surface area contributed by atoms with Gasteiger partial charge in [-0.1, -0.05) is 24.3 Å². The second-order valence-electron chi connectivity index (χ2n) is 6.01. The third kappa shape index (κ3) is 1.79. The molecule has 2 aromatic carbocycles. The van der Waals surface area contributed by atoms with E-state index in [-0.39, 0.29) is 16.9 Å². The number of rotatable bonds is 0. The first-order valence-corrected chi connectivity index (χ1v) is 7.87. The first kappa shape index (κ1) is 13.9. The molecule has 0 saturated heterocycles. The van der Waals surface area contributed by atoms with Crippen molar-refractivity contribution in [1.82, 2.24) is 18.8 Å². The van der Waals surface area contributed by atoms with E-state index in [0.29, 0.717) is 27.5 Å². The molecule has 120 valence electrons. The monoisotopic (exact) mass is 328 g/mol. The lowest BCUT2D eigenvalue weighted by molar-refractivity contribution is 0.948. The zero-order valence-corrected chi connectivity index (χ0v) is 13.3. The number of hydrogen-bond donors (Lipinski definition) is 0. The van der Waals surface area contributed by atoms with Crippen molar-refractivity contribution in [2.24, 2.45) is 0 Å². The van der Waals surface area contributed by atoms with Gasteiger partial charge in [-0.2, -0.15) is 0 Å². The number of aryl methyl sites for hydroxylation is 1. The minimum absolute atomic E-state index is 0.203. The van der Waals surface area contributed by atoms with Crippen LogP contribution in [0.25, 0.3) is 33.2 Å². The molecule has 0 amide bonds. The Morgan fingerprint density at radius 3 is 2.12 bits per heavy atom. The molecule has 0 N–H and O–H groups in total. The van der Waals surface area contributed by atoms with E-state index in [2.05, 4.69) is 9.97 Å². The summed E-state index contributed by atoms with van der Waals surface area (Å²) in [6, 6.07) is 14.3. The number of nitrogens with zero attached hydrogens (tertiary/aromatic N) is 4. The summed E-state index contributed by atoms with van der Waals surface area (Å²) in [7, 11) is 0. The second kappa shape index (κ2) is 4.73. The van der Waals surface area contributed by atoms with Gasteiger partial charge < -0.3 is 0 Å². The van der Waals surface area contributed by atoms with Gasteiger partial charge in [-0.15, -0.1) is 0 Å². The summed E-state index contributed by atoms with van der Waals surface area (Å²) >= 11 is 0. The summed E-state index contributed by atoms with van der Waals surface area (Å²) in [5.41, 5.74) is 1.98. The number of fused-ring (bicyclic) bond motifs is 5. The molecule has 0 aliphatic rings. The molecule has 0 radical (unpaired) electrons. The van der Waals surface area contributed by atoms with E-state index in [1.54, 1.807) is 42.6 Å². The Balaban J connectivity index is 2.16. The zero-order chi connectivity index (χ0) is 17.1. The highest BCUT2D eigenvalue weighted by Gasteiger charge is 2.14. The van der Waals surface area contributed by atoms with E-state index >= 15 is 0 Å². The average molecular weight is 328 g/mol. The minimum atomic E-state index is -0.232. The van der Waals surface area contributed by atoms with Crippen molar-refractivity contribution in [2.45, 2.75) is 6.92 Å². The molecule has 6 nitrogen and oxygen atoms in total. The van der Waals surface area contributed by atoms with Crippen LogP contribution in [0.2, 0.25) is 0 Å². The summed E-state index contributed by atoms with van der Waals surface area (Å²) < 4.78 is 2.84. The van der Waals surface area contributed by atoms with E-state index in [4.69, 9.17) is 0 Å². The minimum Gasteiger partial charge on any atom is -0.268 e. The fraction of sp³-hybridized carbons (Fsp3) is 0.0526. The Morgan fingerprint density at radius 2 is 1.40 bits per heavy atom. The number of hydrogen-bond acceptors (Lipinski definition) is 4. The van der Waals surface area contributed by atoms with Gasteiger partial charge in [-0.3, -0.25) is 14.0 Å². The SMILES string of the molecule is Cc1cn2c(=O)c3ccccc3nc2n2c(=O)c3ccccc3nc12. The molecule has 3 aromatic heterocycles. The van der Waals surface area contributed by atoms with Gasteiger partial charge in [0.05, 0.1) is 21.8 Å². The predicted molar refractivity (Wildman–Crippen MR) is 96.2 cm³/mol. The first-order valence-electron chi connectivity index (χ1n) is 7.87. The van der Waals surface area contributed by atoms with Crippen LogP contribution in [0.1, 0.15) is 5.56 Å². The largest absolute Gasteiger partial charge is 0.268 e. The summed E-state index contributed by atoms with van der Waals surface area (Å²) in [4.78, 5) is 35.1. The van der Waals surface area contributed by atoms with Crippen molar-refractivity contribution in [3.05, 3.63) is 81.0 Å². The molecule has 0 unspecified atom stereocenters. The van der Waals surface area contributed by atoms with Gasteiger partial charge in [0, 0.05) is 11.8 Å². The Labute approximate surface area is 140 Å². The molecule has 5 rings (SSSR count). The van der Waals surface area contributed by atoms with Gasteiger partial charge in [-0.05, 0) is 31.2 Å². The highest BCUT2D eigenvalue weighted by molar-refractivity contribution is 5.82. The van der Waals surface area contributed by atoms with Gasteiger partial charge in [0.15, 0.2) is 0 Å². The van der Waals surface area contributed by atoms with Crippen molar-refractivity contribution in [3.8, 4) is 0 Å². The molecule has 0 saturated carbocycles. The average Bonchev–Trinajstić information content (AvgIpc) is 2.63. The Bertz CT molecular complexity index is 1450. The summed E-state index contributed by atoms with van der Waals surface area (Å²) in [5.74, 6) is 0.271. The number of aromatic nitrogens is 4. The van der Waals surface area contributed by atoms with Crippen molar-refractivity contribution in [3.63, 3.8) is 0 Å². The first-order chi connectivity index (χ1) is 12.1. The number of benzene rings is 2. The molecular formula is C19H12N4O2. The van der Waals surface area contributed by atoms with Crippen molar-refractivity contribution >= 4 is 33.2 Å². The Hall–Kier alpha value is -3.54. The van der Waals surface area contributed by atoms with Crippen molar-refractivity contribution in [2.75, 3.05) is 0 Å². The lowest BCUT2D eigenvalue weighted by Gasteiger charge is -2.11. The van der Waals surface area contributed by atoms with Crippen LogP contribution in [-0.2, 0) is 0 Å².